The summed E-state index contributed by atoms with van der Waals surface area (Å²) < 4.78 is 5.26. The summed E-state index contributed by atoms with van der Waals surface area (Å²) in [7, 11) is 0. The molecule has 4 heteroatoms. The summed E-state index contributed by atoms with van der Waals surface area (Å²) in [6, 6.07) is 0.323. The van der Waals surface area contributed by atoms with E-state index in [1.807, 2.05) is 4.90 Å². The normalized spacial score (nSPS) is 34.5. The Labute approximate surface area is 78.0 Å². The zero-order chi connectivity index (χ0) is 9.26. The Balaban J connectivity index is 1.95. The fraction of sp³-hybridized carbons (Fsp3) is 0.889. The lowest BCUT2D eigenvalue weighted by atomic mass is 10.1. The van der Waals surface area contributed by atoms with Crippen molar-refractivity contribution >= 4 is 5.91 Å². The summed E-state index contributed by atoms with van der Waals surface area (Å²) in [5, 5.41) is 0. The number of nitrogens with two attached hydrogens (primary N) is 1. The maximum atomic E-state index is 11.5. The Kier molecular flexibility index (Phi) is 2.51. The second kappa shape index (κ2) is 3.64. The van der Waals surface area contributed by atoms with Gasteiger partial charge >= 0.3 is 0 Å². The van der Waals surface area contributed by atoms with Crippen LogP contribution < -0.4 is 5.73 Å². The van der Waals surface area contributed by atoms with Crippen LogP contribution in [-0.2, 0) is 9.53 Å². The van der Waals surface area contributed by atoms with E-state index in [4.69, 9.17) is 10.5 Å². The highest BCUT2D eigenvalue weighted by atomic mass is 16.5. The van der Waals surface area contributed by atoms with Crippen molar-refractivity contribution in [2.75, 3.05) is 26.3 Å². The van der Waals surface area contributed by atoms with E-state index < -0.39 is 0 Å². The second-order valence-corrected chi connectivity index (χ2v) is 3.87. The molecule has 2 rings (SSSR count). The molecular weight excluding hydrogens is 168 g/mol. The highest BCUT2D eigenvalue weighted by Crippen LogP contribution is 2.22. The lowest BCUT2D eigenvalue weighted by molar-refractivity contribution is -0.129. The zero-order valence-electron chi connectivity index (χ0n) is 7.74. The molecule has 2 N–H and O–H groups in total. The average Bonchev–Trinajstić information content (AvgIpc) is 2.72. The van der Waals surface area contributed by atoms with Crippen molar-refractivity contribution in [1.29, 1.82) is 0 Å². The number of rotatable bonds is 2. The third kappa shape index (κ3) is 1.69. The predicted octanol–water partition coefficient (Wildman–Crippen LogP) is -0.417. The minimum Gasteiger partial charge on any atom is -0.379 e. The molecule has 0 aromatic carbocycles. The summed E-state index contributed by atoms with van der Waals surface area (Å²) in [5.41, 5.74) is 5.55. The van der Waals surface area contributed by atoms with Gasteiger partial charge in [0.05, 0.1) is 12.6 Å². The second-order valence-electron chi connectivity index (χ2n) is 3.87. The van der Waals surface area contributed by atoms with Crippen LogP contribution in [-0.4, -0.2) is 43.2 Å². The number of carbonyl (C=O) groups excluding carboxylic acids is 1. The Morgan fingerprint density at radius 3 is 3.00 bits per heavy atom. The van der Waals surface area contributed by atoms with Crippen LogP contribution in [0.25, 0.3) is 0 Å². The molecule has 2 atom stereocenters. The van der Waals surface area contributed by atoms with Gasteiger partial charge in [-0.05, 0) is 18.9 Å². The quantitative estimate of drug-likeness (QED) is 0.634. The van der Waals surface area contributed by atoms with Gasteiger partial charge < -0.3 is 15.4 Å². The van der Waals surface area contributed by atoms with E-state index in [0.717, 1.165) is 19.6 Å². The van der Waals surface area contributed by atoms with Gasteiger partial charge in [-0.15, -0.1) is 0 Å². The Morgan fingerprint density at radius 2 is 2.46 bits per heavy atom. The molecule has 74 valence electrons. The van der Waals surface area contributed by atoms with E-state index in [-0.39, 0.29) is 5.91 Å². The molecular formula is C9H16N2O2. The molecule has 0 spiro atoms. The third-order valence-corrected chi connectivity index (χ3v) is 2.92. The first-order valence-corrected chi connectivity index (χ1v) is 4.88. The number of ether oxygens (including phenoxy) is 1. The third-order valence-electron chi connectivity index (χ3n) is 2.92. The maximum Gasteiger partial charge on any atom is 0.223 e. The summed E-state index contributed by atoms with van der Waals surface area (Å²) in [4.78, 5) is 13.5. The van der Waals surface area contributed by atoms with Crippen molar-refractivity contribution in [2.24, 2.45) is 11.7 Å². The van der Waals surface area contributed by atoms with Crippen molar-refractivity contribution in [3.8, 4) is 0 Å². The van der Waals surface area contributed by atoms with Crippen LogP contribution in [0.5, 0.6) is 0 Å². The van der Waals surface area contributed by atoms with Crippen LogP contribution in [0.15, 0.2) is 0 Å². The van der Waals surface area contributed by atoms with Gasteiger partial charge in [0.2, 0.25) is 5.91 Å². The first-order valence-electron chi connectivity index (χ1n) is 4.88. The van der Waals surface area contributed by atoms with E-state index in [2.05, 4.69) is 0 Å². The lowest BCUT2D eigenvalue weighted by Gasteiger charge is -2.22. The van der Waals surface area contributed by atoms with E-state index in [9.17, 15) is 4.79 Å². The van der Waals surface area contributed by atoms with Crippen molar-refractivity contribution in [1.82, 2.24) is 4.90 Å². The van der Waals surface area contributed by atoms with E-state index in [1.165, 1.54) is 0 Å². The lowest BCUT2D eigenvalue weighted by Crippen LogP contribution is -2.37. The first-order chi connectivity index (χ1) is 6.31. The Hall–Kier alpha value is -0.610. The fourth-order valence-corrected chi connectivity index (χ4v) is 2.09. The van der Waals surface area contributed by atoms with Gasteiger partial charge in [0.15, 0.2) is 0 Å². The van der Waals surface area contributed by atoms with Gasteiger partial charge in [0.1, 0.15) is 0 Å². The standard InChI is InChI=1S/C9H16N2O2/c10-4-7-3-9(12)11(5-7)8-1-2-13-6-8/h7-8H,1-6,10H2. The number of hydrogen-bond acceptors (Lipinski definition) is 3. The molecule has 0 aromatic rings. The molecule has 2 aliphatic heterocycles. The SMILES string of the molecule is NCC1CC(=O)N(C2CCOC2)C1. The fourth-order valence-electron chi connectivity index (χ4n) is 2.09. The van der Waals surface area contributed by atoms with Gasteiger partial charge in [-0.2, -0.15) is 0 Å². The number of amides is 1. The zero-order valence-corrected chi connectivity index (χ0v) is 7.74. The molecule has 2 fully saturated rings. The molecule has 1 amide bonds. The number of likely N-dealkylation sites (tertiary alicyclic amines) is 1. The smallest absolute Gasteiger partial charge is 0.223 e. The van der Waals surface area contributed by atoms with Gasteiger partial charge in [0, 0.05) is 19.6 Å². The molecule has 0 aromatic heterocycles. The molecule has 4 nitrogen and oxygen atoms in total. The molecule has 0 radical (unpaired) electrons. The molecule has 2 heterocycles. The molecule has 0 bridgehead atoms. The largest absolute Gasteiger partial charge is 0.379 e. The van der Waals surface area contributed by atoms with E-state index in [1.54, 1.807) is 0 Å². The maximum absolute atomic E-state index is 11.5. The topological polar surface area (TPSA) is 55.6 Å². The number of carbonyl (C=O) groups is 1. The molecule has 0 aliphatic carbocycles. The van der Waals surface area contributed by atoms with Crippen molar-refractivity contribution in [3.63, 3.8) is 0 Å². The minimum absolute atomic E-state index is 0.256. The molecule has 0 saturated carbocycles. The van der Waals surface area contributed by atoms with E-state index in [0.29, 0.717) is 31.5 Å². The summed E-state index contributed by atoms with van der Waals surface area (Å²) in [6.07, 6.45) is 1.62. The number of nitrogens with zero attached hydrogens (tertiary/aromatic N) is 1. The highest BCUT2D eigenvalue weighted by molar-refractivity contribution is 5.79. The first kappa shape index (κ1) is 8.97. The molecule has 2 unspecified atom stereocenters. The van der Waals surface area contributed by atoms with E-state index >= 15 is 0 Å². The van der Waals surface area contributed by atoms with Gasteiger partial charge in [-0.1, -0.05) is 0 Å². The molecule has 2 aliphatic rings. The minimum atomic E-state index is 0.256. The van der Waals surface area contributed by atoms with Crippen LogP contribution in [0.3, 0.4) is 0 Å². The van der Waals surface area contributed by atoms with Crippen LogP contribution in [0.2, 0.25) is 0 Å². The summed E-state index contributed by atoms with van der Waals surface area (Å²) >= 11 is 0. The van der Waals surface area contributed by atoms with Gasteiger partial charge in [-0.3, -0.25) is 4.79 Å². The summed E-state index contributed by atoms with van der Waals surface area (Å²) in [5.74, 6) is 0.624. The van der Waals surface area contributed by atoms with Crippen molar-refractivity contribution in [3.05, 3.63) is 0 Å². The van der Waals surface area contributed by atoms with Crippen LogP contribution in [0, 0.1) is 5.92 Å². The van der Waals surface area contributed by atoms with Crippen molar-refractivity contribution in [2.45, 2.75) is 18.9 Å². The predicted molar refractivity (Wildman–Crippen MR) is 48.1 cm³/mol. The average molecular weight is 184 g/mol. The highest BCUT2D eigenvalue weighted by Gasteiger charge is 2.34. The van der Waals surface area contributed by atoms with Gasteiger partial charge in [0.25, 0.3) is 0 Å². The van der Waals surface area contributed by atoms with Crippen LogP contribution in [0.4, 0.5) is 0 Å². The monoisotopic (exact) mass is 184 g/mol. The Bertz CT molecular complexity index is 202. The molecule has 13 heavy (non-hydrogen) atoms. The van der Waals surface area contributed by atoms with Crippen LogP contribution >= 0.6 is 0 Å². The summed E-state index contributed by atoms with van der Waals surface area (Å²) in [6.45, 7) is 2.96. The number of hydrogen-bond donors (Lipinski definition) is 1. The van der Waals surface area contributed by atoms with Crippen molar-refractivity contribution < 1.29 is 9.53 Å². The molecule has 2 saturated heterocycles. The van der Waals surface area contributed by atoms with Crippen LogP contribution in [0.1, 0.15) is 12.8 Å². The Morgan fingerprint density at radius 1 is 1.62 bits per heavy atom. The van der Waals surface area contributed by atoms with Gasteiger partial charge in [-0.25, -0.2) is 0 Å².